The van der Waals surface area contributed by atoms with Gasteiger partial charge in [-0.25, -0.2) is 0 Å². The molecule has 2 fully saturated rings. The third kappa shape index (κ3) is 2.22. The average molecular weight is 217 g/mol. The SMILES string of the molecule is c1ccc(OC2CC3CCCC(C2)N3)cc1. The Morgan fingerprint density at radius 1 is 1.00 bits per heavy atom. The van der Waals surface area contributed by atoms with Crippen molar-refractivity contribution in [3.05, 3.63) is 30.3 Å². The van der Waals surface area contributed by atoms with E-state index in [2.05, 4.69) is 17.4 Å². The molecule has 3 rings (SSSR count). The van der Waals surface area contributed by atoms with Crippen LogP contribution in [0.4, 0.5) is 0 Å². The molecule has 2 heterocycles. The second-order valence-electron chi connectivity index (χ2n) is 5.02. The summed E-state index contributed by atoms with van der Waals surface area (Å²) in [6, 6.07) is 11.6. The summed E-state index contributed by atoms with van der Waals surface area (Å²) >= 11 is 0. The standard InChI is InChI=1S/C14H19NO/c1-2-7-13(8-3-1)16-14-9-11-5-4-6-12(10-14)15-11/h1-3,7-8,11-12,14-15H,4-6,9-10H2. The van der Waals surface area contributed by atoms with Crippen molar-refractivity contribution in [2.75, 3.05) is 0 Å². The number of ether oxygens (including phenoxy) is 1. The Hall–Kier alpha value is -1.02. The normalized spacial score (nSPS) is 33.4. The smallest absolute Gasteiger partial charge is 0.119 e. The molecule has 2 aliphatic heterocycles. The van der Waals surface area contributed by atoms with Crippen LogP contribution in [0.3, 0.4) is 0 Å². The Morgan fingerprint density at radius 2 is 1.69 bits per heavy atom. The van der Waals surface area contributed by atoms with Crippen molar-refractivity contribution in [3.8, 4) is 5.75 Å². The zero-order chi connectivity index (χ0) is 10.8. The molecule has 2 atom stereocenters. The Labute approximate surface area is 97.0 Å². The topological polar surface area (TPSA) is 21.3 Å². The predicted molar refractivity (Wildman–Crippen MR) is 64.7 cm³/mol. The van der Waals surface area contributed by atoms with E-state index in [9.17, 15) is 0 Å². The van der Waals surface area contributed by atoms with Gasteiger partial charge in [0.2, 0.25) is 0 Å². The molecular weight excluding hydrogens is 198 g/mol. The van der Waals surface area contributed by atoms with Gasteiger partial charge in [0.05, 0.1) is 0 Å². The van der Waals surface area contributed by atoms with Crippen LogP contribution in [-0.4, -0.2) is 18.2 Å². The molecule has 0 amide bonds. The van der Waals surface area contributed by atoms with Crippen molar-refractivity contribution < 1.29 is 4.74 Å². The fourth-order valence-corrected chi connectivity index (χ4v) is 3.00. The fraction of sp³-hybridized carbons (Fsp3) is 0.571. The maximum atomic E-state index is 6.05. The molecule has 2 saturated heterocycles. The molecule has 2 heteroatoms. The lowest BCUT2D eigenvalue weighted by Gasteiger charge is -2.40. The molecular formula is C14H19NO. The summed E-state index contributed by atoms with van der Waals surface area (Å²) in [7, 11) is 0. The van der Waals surface area contributed by atoms with Gasteiger partial charge in [-0.1, -0.05) is 24.6 Å². The van der Waals surface area contributed by atoms with Crippen LogP contribution >= 0.6 is 0 Å². The fourth-order valence-electron chi connectivity index (χ4n) is 3.00. The monoisotopic (exact) mass is 217 g/mol. The summed E-state index contributed by atoms with van der Waals surface area (Å²) in [5, 5.41) is 3.69. The van der Waals surface area contributed by atoms with Gasteiger partial charge < -0.3 is 10.1 Å². The van der Waals surface area contributed by atoms with E-state index in [0.717, 1.165) is 5.75 Å². The highest BCUT2D eigenvalue weighted by Crippen LogP contribution is 2.28. The van der Waals surface area contributed by atoms with Gasteiger partial charge in [-0.15, -0.1) is 0 Å². The lowest BCUT2D eigenvalue weighted by molar-refractivity contribution is 0.0927. The molecule has 2 nitrogen and oxygen atoms in total. The highest BCUT2D eigenvalue weighted by Gasteiger charge is 2.32. The van der Waals surface area contributed by atoms with Crippen molar-refractivity contribution in [1.82, 2.24) is 5.32 Å². The predicted octanol–water partition coefficient (Wildman–Crippen LogP) is 2.74. The van der Waals surface area contributed by atoms with Crippen LogP contribution in [0.5, 0.6) is 5.75 Å². The molecule has 2 bridgehead atoms. The molecule has 0 radical (unpaired) electrons. The van der Waals surface area contributed by atoms with E-state index in [4.69, 9.17) is 4.74 Å². The highest BCUT2D eigenvalue weighted by molar-refractivity contribution is 5.21. The van der Waals surface area contributed by atoms with Gasteiger partial charge >= 0.3 is 0 Å². The van der Waals surface area contributed by atoms with E-state index < -0.39 is 0 Å². The van der Waals surface area contributed by atoms with Crippen LogP contribution < -0.4 is 10.1 Å². The van der Waals surface area contributed by atoms with Gasteiger partial charge in [-0.05, 0) is 37.8 Å². The van der Waals surface area contributed by atoms with E-state index in [1.165, 1.54) is 32.1 Å². The molecule has 86 valence electrons. The van der Waals surface area contributed by atoms with Gasteiger partial charge in [-0.2, -0.15) is 0 Å². The number of para-hydroxylation sites is 1. The maximum absolute atomic E-state index is 6.05. The summed E-state index contributed by atoms with van der Waals surface area (Å²) in [6.45, 7) is 0. The lowest BCUT2D eigenvalue weighted by Crippen LogP contribution is -2.51. The molecule has 1 aromatic carbocycles. The first kappa shape index (κ1) is 10.2. The van der Waals surface area contributed by atoms with Crippen molar-refractivity contribution in [1.29, 1.82) is 0 Å². The van der Waals surface area contributed by atoms with Gasteiger partial charge in [0.15, 0.2) is 0 Å². The zero-order valence-corrected chi connectivity index (χ0v) is 9.56. The average Bonchev–Trinajstić information content (AvgIpc) is 2.30. The first-order valence-corrected chi connectivity index (χ1v) is 6.38. The molecule has 16 heavy (non-hydrogen) atoms. The van der Waals surface area contributed by atoms with Gasteiger partial charge in [-0.3, -0.25) is 0 Å². The molecule has 2 unspecified atom stereocenters. The molecule has 1 aromatic rings. The molecule has 0 spiro atoms. The summed E-state index contributed by atoms with van der Waals surface area (Å²) in [4.78, 5) is 0. The number of hydrogen-bond donors (Lipinski definition) is 1. The number of hydrogen-bond acceptors (Lipinski definition) is 2. The quantitative estimate of drug-likeness (QED) is 0.822. The maximum Gasteiger partial charge on any atom is 0.119 e. The lowest BCUT2D eigenvalue weighted by atomic mass is 9.85. The zero-order valence-electron chi connectivity index (χ0n) is 9.56. The Kier molecular flexibility index (Phi) is 2.83. The van der Waals surface area contributed by atoms with Crippen LogP contribution in [-0.2, 0) is 0 Å². The molecule has 0 aromatic heterocycles. The van der Waals surface area contributed by atoms with Gasteiger partial charge in [0.25, 0.3) is 0 Å². The number of fused-ring (bicyclic) bond motifs is 2. The minimum Gasteiger partial charge on any atom is -0.490 e. The van der Waals surface area contributed by atoms with Crippen molar-refractivity contribution in [2.24, 2.45) is 0 Å². The van der Waals surface area contributed by atoms with E-state index in [0.29, 0.717) is 18.2 Å². The molecule has 2 aliphatic rings. The van der Waals surface area contributed by atoms with Crippen molar-refractivity contribution in [2.45, 2.75) is 50.3 Å². The molecule has 0 saturated carbocycles. The first-order valence-electron chi connectivity index (χ1n) is 6.38. The van der Waals surface area contributed by atoms with Crippen molar-refractivity contribution >= 4 is 0 Å². The summed E-state index contributed by atoms with van der Waals surface area (Å²) in [5.41, 5.74) is 0. The van der Waals surface area contributed by atoms with E-state index >= 15 is 0 Å². The third-order valence-electron chi connectivity index (χ3n) is 3.72. The summed E-state index contributed by atoms with van der Waals surface area (Å²) in [6.07, 6.45) is 6.80. The van der Waals surface area contributed by atoms with Crippen LogP contribution in [0, 0.1) is 0 Å². The summed E-state index contributed by atoms with van der Waals surface area (Å²) < 4.78 is 6.05. The van der Waals surface area contributed by atoms with Crippen LogP contribution in [0.1, 0.15) is 32.1 Å². The van der Waals surface area contributed by atoms with Crippen molar-refractivity contribution in [3.63, 3.8) is 0 Å². The number of piperidine rings is 2. The van der Waals surface area contributed by atoms with Gasteiger partial charge in [0.1, 0.15) is 11.9 Å². The second-order valence-corrected chi connectivity index (χ2v) is 5.02. The van der Waals surface area contributed by atoms with E-state index in [1.54, 1.807) is 0 Å². The van der Waals surface area contributed by atoms with Crippen LogP contribution in [0.2, 0.25) is 0 Å². The summed E-state index contributed by atoms with van der Waals surface area (Å²) in [5.74, 6) is 1.02. The third-order valence-corrected chi connectivity index (χ3v) is 3.72. The highest BCUT2D eigenvalue weighted by atomic mass is 16.5. The molecule has 0 aliphatic carbocycles. The van der Waals surface area contributed by atoms with E-state index in [1.807, 2.05) is 18.2 Å². The van der Waals surface area contributed by atoms with E-state index in [-0.39, 0.29) is 0 Å². The van der Waals surface area contributed by atoms with Gasteiger partial charge in [0, 0.05) is 12.1 Å². The van der Waals surface area contributed by atoms with Crippen LogP contribution in [0.25, 0.3) is 0 Å². The number of benzene rings is 1. The molecule has 1 N–H and O–H groups in total. The van der Waals surface area contributed by atoms with Crippen LogP contribution in [0.15, 0.2) is 30.3 Å². The Bertz CT molecular complexity index is 326. The largest absolute Gasteiger partial charge is 0.490 e. The Morgan fingerprint density at radius 3 is 2.38 bits per heavy atom. The number of nitrogens with one attached hydrogen (secondary N) is 1. The minimum atomic E-state index is 0.416. The number of rotatable bonds is 2. The first-order chi connectivity index (χ1) is 7.90. The minimum absolute atomic E-state index is 0.416. The Balaban J connectivity index is 1.63. The second kappa shape index (κ2) is 4.46.